The second-order valence-corrected chi connectivity index (χ2v) is 5.63. The van der Waals surface area contributed by atoms with Crippen LogP contribution in [-0.2, 0) is 0 Å². The second kappa shape index (κ2) is 7.45. The van der Waals surface area contributed by atoms with Crippen LogP contribution in [0.3, 0.4) is 0 Å². The smallest absolute Gasteiger partial charge is 0.257 e. The fraction of sp³-hybridized carbons (Fsp3) is 0.0476. The second-order valence-electron chi connectivity index (χ2n) is 5.63. The zero-order valence-corrected chi connectivity index (χ0v) is 13.8. The Balaban J connectivity index is 1.82. The van der Waals surface area contributed by atoms with Crippen molar-refractivity contribution in [3.63, 3.8) is 0 Å². The molecule has 124 valence electrons. The minimum absolute atomic E-state index is 0.253. The van der Waals surface area contributed by atoms with Gasteiger partial charge in [-0.25, -0.2) is 0 Å². The van der Waals surface area contributed by atoms with Crippen molar-refractivity contribution in [2.24, 2.45) is 0 Å². The minimum Gasteiger partial charge on any atom is -0.322 e. The van der Waals surface area contributed by atoms with Crippen LogP contribution in [0.15, 0.2) is 78.9 Å². The van der Waals surface area contributed by atoms with Crippen molar-refractivity contribution in [1.29, 1.82) is 0 Å². The van der Waals surface area contributed by atoms with E-state index >= 15 is 0 Å². The third-order valence-electron chi connectivity index (χ3n) is 3.85. The molecule has 2 N–H and O–H groups in total. The normalized spacial score (nSPS) is 10.1. The molecule has 4 nitrogen and oxygen atoms in total. The highest BCUT2D eigenvalue weighted by molar-refractivity contribution is 6.12. The number of carbonyl (C=O) groups excluding carboxylic acids is 2. The van der Waals surface area contributed by atoms with Crippen molar-refractivity contribution in [3.8, 4) is 0 Å². The van der Waals surface area contributed by atoms with Crippen LogP contribution < -0.4 is 10.6 Å². The summed E-state index contributed by atoms with van der Waals surface area (Å²) in [7, 11) is 0. The molecule has 0 aromatic heterocycles. The molecule has 0 aliphatic rings. The molecular formula is C21H18N2O2. The van der Waals surface area contributed by atoms with E-state index in [1.54, 1.807) is 48.5 Å². The van der Waals surface area contributed by atoms with Crippen molar-refractivity contribution >= 4 is 23.2 Å². The van der Waals surface area contributed by atoms with Gasteiger partial charge in [-0.05, 0) is 42.8 Å². The summed E-state index contributed by atoms with van der Waals surface area (Å²) in [6, 6.07) is 23.4. The number of nitrogens with one attached hydrogen (secondary N) is 2. The molecule has 0 atom stereocenters. The molecular weight excluding hydrogens is 312 g/mol. The lowest BCUT2D eigenvalue weighted by Gasteiger charge is -2.12. The Morgan fingerprint density at radius 3 is 1.92 bits per heavy atom. The number of hydrogen-bond acceptors (Lipinski definition) is 2. The Hall–Kier alpha value is -3.40. The first-order valence-corrected chi connectivity index (χ1v) is 7.97. The first kappa shape index (κ1) is 16.5. The van der Waals surface area contributed by atoms with Crippen molar-refractivity contribution in [3.05, 3.63) is 95.6 Å². The van der Waals surface area contributed by atoms with Crippen LogP contribution in [0.1, 0.15) is 26.3 Å². The van der Waals surface area contributed by atoms with Crippen LogP contribution in [0, 0.1) is 6.92 Å². The minimum atomic E-state index is -0.265. The number of carbonyl (C=O) groups is 2. The predicted molar refractivity (Wildman–Crippen MR) is 100.0 cm³/mol. The van der Waals surface area contributed by atoms with Gasteiger partial charge in [-0.1, -0.05) is 48.5 Å². The molecule has 0 aliphatic carbocycles. The molecule has 0 radical (unpaired) electrons. The number of rotatable bonds is 4. The molecule has 3 rings (SSSR count). The SMILES string of the molecule is Cc1ccccc1NC(=O)c1ccccc1NC(=O)c1ccccc1. The molecule has 4 heteroatoms. The van der Waals surface area contributed by atoms with Crippen LogP contribution in [0.25, 0.3) is 0 Å². The van der Waals surface area contributed by atoms with Gasteiger partial charge in [0.25, 0.3) is 11.8 Å². The maximum Gasteiger partial charge on any atom is 0.257 e. The topological polar surface area (TPSA) is 58.2 Å². The van der Waals surface area contributed by atoms with Crippen molar-refractivity contribution in [2.75, 3.05) is 10.6 Å². The molecule has 3 aromatic rings. The van der Waals surface area contributed by atoms with Gasteiger partial charge in [0, 0.05) is 11.3 Å². The Kier molecular flexibility index (Phi) is 4.90. The van der Waals surface area contributed by atoms with E-state index in [0.29, 0.717) is 16.8 Å². The largest absolute Gasteiger partial charge is 0.322 e. The van der Waals surface area contributed by atoms with Gasteiger partial charge in [0.15, 0.2) is 0 Å². The van der Waals surface area contributed by atoms with Gasteiger partial charge < -0.3 is 10.6 Å². The Bertz CT molecular complexity index is 905. The van der Waals surface area contributed by atoms with Gasteiger partial charge in [0.2, 0.25) is 0 Å². The van der Waals surface area contributed by atoms with Gasteiger partial charge in [-0.15, -0.1) is 0 Å². The Morgan fingerprint density at radius 2 is 1.20 bits per heavy atom. The van der Waals surface area contributed by atoms with Crippen molar-refractivity contribution < 1.29 is 9.59 Å². The lowest BCUT2D eigenvalue weighted by atomic mass is 10.1. The summed E-state index contributed by atoms with van der Waals surface area (Å²) in [4.78, 5) is 25.0. The van der Waals surface area contributed by atoms with E-state index < -0.39 is 0 Å². The summed E-state index contributed by atoms with van der Waals surface area (Å²) in [6.45, 7) is 1.93. The summed E-state index contributed by atoms with van der Waals surface area (Å²) in [5.74, 6) is -0.519. The summed E-state index contributed by atoms with van der Waals surface area (Å²) >= 11 is 0. The van der Waals surface area contributed by atoms with E-state index in [2.05, 4.69) is 10.6 Å². The molecule has 0 saturated carbocycles. The number of hydrogen-bond donors (Lipinski definition) is 2. The highest BCUT2D eigenvalue weighted by atomic mass is 16.2. The number of anilines is 2. The van der Waals surface area contributed by atoms with Gasteiger partial charge in [0.1, 0.15) is 0 Å². The molecule has 0 spiro atoms. The Morgan fingerprint density at radius 1 is 0.640 bits per heavy atom. The molecule has 0 bridgehead atoms. The zero-order chi connectivity index (χ0) is 17.6. The van der Waals surface area contributed by atoms with E-state index in [4.69, 9.17) is 0 Å². The maximum absolute atomic E-state index is 12.6. The number of aryl methyl sites for hydroxylation is 1. The van der Waals surface area contributed by atoms with Crippen LogP contribution in [0.4, 0.5) is 11.4 Å². The third-order valence-corrected chi connectivity index (χ3v) is 3.85. The van der Waals surface area contributed by atoms with Gasteiger partial charge in [0.05, 0.1) is 11.3 Å². The molecule has 25 heavy (non-hydrogen) atoms. The van der Waals surface area contributed by atoms with E-state index in [-0.39, 0.29) is 11.8 Å². The van der Waals surface area contributed by atoms with Crippen molar-refractivity contribution in [2.45, 2.75) is 6.92 Å². The summed E-state index contributed by atoms with van der Waals surface area (Å²) in [5.41, 5.74) is 3.15. The average Bonchev–Trinajstić information content (AvgIpc) is 2.64. The molecule has 0 saturated heterocycles. The highest BCUT2D eigenvalue weighted by Crippen LogP contribution is 2.20. The lowest BCUT2D eigenvalue weighted by Crippen LogP contribution is -2.18. The lowest BCUT2D eigenvalue weighted by molar-refractivity contribution is 0.102. The molecule has 2 amide bonds. The Labute approximate surface area is 146 Å². The summed E-state index contributed by atoms with van der Waals surface area (Å²) < 4.78 is 0. The summed E-state index contributed by atoms with van der Waals surface area (Å²) in [6.07, 6.45) is 0. The maximum atomic E-state index is 12.6. The first-order chi connectivity index (χ1) is 12.1. The van der Waals surface area contributed by atoms with E-state index in [1.165, 1.54) is 0 Å². The molecule has 0 unspecified atom stereocenters. The van der Waals surface area contributed by atoms with Crippen LogP contribution >= 0.6 is 0 Å². The number of benzene rings is 3. The van der Waals surface area contributed by atoms with Gasteiger partial charge in [-0.3, -0.25) is 9.59 Å². The third kappa shape index (κ3) is 3.93. The van der Waals surface area contributed by atoms with Crippen LogP contribution in [0.5, 0.6) is 0 Å². The summed E-state index contributed by atoms with van der Waals surface area (Å²) in [5, 5.41) is 5.70. The van der Waals surface area contributed by atoms with E-state index in [1.807, 2.05) is 37.3 Å². The van der Waals surface area contributed by atoms with E-state index in [9.17, 15) is 9.59 Å². The molecule has 3 aromatic carbocycles. The van der Waals surface area contributed by atoms with E-state index in [0.717, 1.165) is 11.3 Å². The highest BCUT2D eigenvalue weighted by Gasteiger charge is 2.14. The van der Waals surface area contributed by atoms with Gasteiger partial charge in [-0.2, -0.15) is 0 Å². The number of amides is 2. The first-order valence-electron chi connectivity index (χ1n) is 7.97. The molecule has 0 heterocycles. The van der Waals surface area contributed by atoms with Gasteiger partial charge >= 0.3 is 0 Å². The standard InChI is InChI=1S/C21H18N2O2/c1-15-9-5-7-13-18(15)22-21(25)17-12-6-8-14-19(17)23-20(24)16-10-3-2-4-11-16/h2-14H,1H3,(H,22,25)(H,23,24). The average molecular weight is 330 g/mol. The zero-order valence-electron chi connectivity index (χ0n) is 13.8. The molecule has 0 fully saturated rings. The van der Waals surface area contributed by atoms with Crippen molar-refractivity contribution in [1.82, 2.24) is 0 Å². The van der Waals surface area contributed by atoms with Crippen LogP contribution in [0.2, 0.25) is 0 Å². The monoisotopic (exact) mass is 330 g/mol. The fourth-order valence-corrected chi connectivity index (χ4v) is 2.48. The predicted octanol–water partition coefficient (Wildman–Crippen LogP) is 4.50. The molecule has 0 aliphatic heterocycles. The van der Waals surface area contributed by atoms with Crippen LogP contribution in [-0.4, -0.2) is 11.8 Å². The fourth-order valence-electron chi connectivity index (χ4n) is 2.48. The number of para-hydroxylation sites is 2. The quantitative estimate of drug-likeness (QED) is 0.740.